The molecule has 2 amide bonds. The first-order valence-electron chi connectivity index (χ1n) is 6.42. The van der Waals surface area contributed by atoms with Crippen molar-refractivity contribution in [2.24, 2.45) is 0 Å². The average molecular weight is 272 g/mol. The first-order chi connectivity index (χ1) is 9.24. The number of hydrogen-bond acceptors (Lipinski definition) is 2. The van der Waals surface area contributed by atoms with Gasteiger partial charge in [-0.05, 0) is 37.1 Å². The number of rotatable bonds is 2. The molecule has 2 aromatic rings. The van der Waals surface area contributed by atoms with Crippen LogP contribution in [0.1, 0.15) is 15.3 Å². The summed E-state index contributed by atoms with van der Waals surface area (Å²) in [6.07, 6.45) is 0.946. The van der Waals surface area contributed by atoms with Crippen molar-refractivity contribution in [3.8, 4) is 0 Å². The minimum atomic E-state index is -0.00370. The lowest BCUT2D eigenvalue weighted by molar-refractivity contribution is 0.246. The van der Waals surface area contributed by atoms with Gasteiger partial charge < -0.3 is 5.32 Å². The zero-order valence-corrected chi connectivity index (χ0v) is 11.7. The number of para-hydroxylation sites is 1. The van der Waals surface area contributed by atoms with Crippen LogP contribution in [0.2, 0.25) is 0 Å². The van der Waals surface area contributed by atoms with Gasteiger partial charge in [-0.25, -0.2) is 4.79 Å². The van der Waals surface area contributed by atoms with Crippen molar-refractivity contribution in [1.29, 1.82) is 0 Å². The van der Waals surface area contributed by atoms with Crippen molar-refractivity contribution in [2.75, 3.05) is 11.4 Å². The van der Waals surface area contributed by atoms with Gasteiger partial charge in [0.25, 0.3) is 0 Å². The summed E-state index contributed by atoms with van der Waals surface area (Å²) in [5, 5.41) is 2.99. The molecule has 0 atom stereocenters. The quantitative estimate of drug-likeness (QED) is 0.893. The minimum absolute atomic E-state index is 0.00370. The van der Waals surface area contributed by atoms with Crippen LogP contribution in [0.25, 0.3) is 0 Å². The molecule has 0 radical (unpaired) electrons. The fourth-order valence-corrected chi connectivity index (χ4v) is 3.22. The lowest BCUT2D eigenvalue weighted by Crippen LogP contribution is -2.38. The number of carbonyl (C=O) groups is 1. The number of fused-ring (bicyclic) bond motifs is 1. The van der Waals surface area contributed by atoms with E-state index >= 15 is 0 Å². The number of hydrogen-bond donors (Lipinski definition) is 1. The number of urea groups is 1. The van der Waals surface area contributed by atoms with E-state index in [4.69, 9.17) is 0 Å². The first-order valence-corrected chi connectivity index (χ1v) is 7.24. The lowest BCUT2D eigenvalue weighted by atomic mass is 10.2. The molecule has 2 heterocycles. The maximum absolute atomic E-state index is 12.2. The Bertz CT molecular complexity index is 606. The molecule has 0 bridgehead atoms. The van der Waals surface area contributed by atoms with E-state index in [1.165, 1.54) is 15.3 Å². The first kappa shape index (κ1) is 12.2. The molecule has 0 spiro atoms. The summed E-state index contributed by atoms with van der Waals surface area (Å²) < 4.78 is 0. The Morgan fingerprint density at radius 2 is 2.16 bits per heavy atom. The molecule has 1 aliphatic rings. The second-order valence-electron chi connectivity index (χ2n) is 4.70. The number of carbonyl (C=O) groups excluding carboxylic acids is 1. The van der Waals surface area contributed by atoms with Crippen molar-refractivity contribution in [1.82, 2.24) is 5.32 Å². The minimum Gasteiger partial charge on any atom is -0.333 e. The molecule has 98 valence electrons. The van der Waals surface area contributed by atoms with Crippen LogP contribution in [-0.2, 0) is 13.0 Å². The molecule has 1 aliphatic heterocycles. The second kappa shape index (κ2) is 5.05. The highest BCUT2D eigenvalue weighted by Gasteiger charge is 2.23. The molecule has 0 aliphatic carbocycles. The zero-order chi connectivity index (χ0) is 13.2. The van der Waals surface area contributed by atoms with E-state index < -0.39 is 0 Å². The van der Waals surface area contributed by atoms with E-state index in [0.29, 0.717) is 6.54 Å². The smallest absolute Gasteiger partial charge is 0.322 e. The van der Waals surface area contributed by atoms with Gasteiger partial charge in [-0.3, -0.25) is 4.90 Å². The van der Waals surface area contributed by atoms with Crippen molar-refractivity contribution >= 4 is 23.1 Å². The SMILES string of the molecule is Cc1ccc(CNC(=O)N2CCc3ccccc32)s1. The Morgan fingerprint density at radius 3 is 2.95 bits per heavy atom. The molecular formula is C15H16N2OS. The monoisotopic (exact) mass is 272 g/mol. The normalized spacial score (nSPS) is 13.4. The lowest BCUT2D eigenvalue weighted by Gasteiger charge is -2.17. The summed E-state index contributed by atoms with van der Waals surface area (Å²) in [7, 11) is 0. The van der Waals surface area contributed by atoms with Crippen LogP contribution < -0.4 is 10.2 Å². The van der Waals surface area contributed by atoms with E-state index in [-0.39, 0.29) is 6.03 Å². The fraction of sp³-hybridized carbons (Fsp3) is 0.267. The van der Waals surface area contributed by atoms with Crippen LogP contribution in [0.3, 0.4) is 0 Å². The Labute approximate surface area is 116 Å². The van der Waals surface area contributed by atoms with Gasteiger partial charge in [-0.2, -0.15) is 0 Å². The van der Waals surface area contributed by atoms with Crippen molar-refractivity contribution in [3.05, 3.63) is 51.7 Å². The number of benzene rings is 1. The average Bonchev–Trinajstić information content (AvgIpc) is 3.02. The highest BCUT2D eigenvalue weighted by atomic mass is 32.1. The standard InChI is InChI=1S/C15H16N2OS/c1-11-6-7-13(19-11)10-16-15(18)17-9-8-12-4-2-3-5-14(12)17/h2-7H,8-10H2,1H3,(H,16,18). The van der Waals surface area contributed by atoms with Gasteiger partial charge in [0, 0.05) is 22.0 Å². The van der Waals surface area contributed by atoms with E-state index in [2.05, 4.69) is 30.4 Å². The molecule has 1 aromatic carbocycles. The number of anilines is 1. The van der Waals surface area contributed by atoms with Crippen LogP contribution in [0.15, 0.2) is 36.4 Å². The second-order valence-corrected chi connectivity index (χ2v) is 6.07. The van der Waals surface area contributed by atoms with Gasteiger partial charge in [-0.15, -0.1) is 11.3 Å². The number of aryl methyl sites for hydroxylation is 1. The predicted octanol–water partition coefficient (Wildman–Crippen LogP) is 3.33. The number of amides is 2. The van der Waals surface area contributed by atoms with Crippen LogP contribution in [0.4, 0.5) is 10.5 Å². The Hall–Kier alpha value is -1.81. The molecule has 0 unspecified atom stereocenters. The molecule has 0 saturated carbocycles. The highest BCUT2D eigenvalue weighted by Crippen LogP contribution is 2.27. The summed E-state index contributed by atoms with van der Waals surface area (Å²) in [5.41, 5.74) is 2.30. The van der Waals surface area contributed by atoms with E-state index in [1.54, 1.807) is 11.3 Å². The summed E-state index contributed by atoms with van der Waals surface area (Å²) in [5.74, 6) is 0. The predicted molar refractivity (Wildman–Crippen MR) is 78.8 cm³/mol. The van der Waals surface area contributed by atoms with Crippen LogP contribution >= 0.6 is 11.3 Å². The van der Waals surface area contributed by atoms with Gasteiger partial charge in [0.2, 0.25) is 0 Å². The summed E-state index contributed by atoms with van der Waals surface area (Å²) in [4.78, 5) is 16.5. The molecule has 4 heteroatoms. The van der Waals surface area contributed by atoms with Gasteiger partial charge in [0.1, 0.15) is 0 Å². The van der Waals surface area contributed by atoms with E-state index in [0.717, 1.165) is 18.7 Å². The third-order valence-electron chi connectivity index (χ3n) is 3.34. The Kier molecular flexibility index (Phi) is 3.25. The molecular weight excluding hydrogens is 256 g/mol. The number of nitrogens with one attached hydrogen (secondary N) is 1. The van der Waals surface area contributed by atoms with Gasteiger partial charge in [0.15, 0.2) is 0 Å². The maximum atomic E-state index is 12.2. The zero-order valence-electron chi connectivity index (χ0n) is 10.8. The van der Waals surface area contributed by atoms with Crippen LogP contribution in [0.5, 0.6) is 0 Å². The van der Waals surface area contributed by atoms with Gasteiger partial charge in [0.05, 0.1) is 6.54 Å². The van der Waals surface area contributed by atoms with E-state index in [9.17, 15) is 4.79 Å². The molecule has 1 aromatic heterocycles. The largest absolute Gasteiger partial charge is 0.333 e. The summed E-state index contributed by atoms with van der Waals surface area (Å²) >= 11 is 1.72. The Morgan fingerprint density at radius 1 is 1.32 bits per heavy atom. The van der Waals surface area contributed by atoms with Crippen molar-refractivity contribution < 1.29 is 4.79 Å². The van der Waals surface area contributed by atoms with Crippen LogP contribution in [-0.4, -0.2) is 12.6 Å². The molecule has 3 nitrogen and oxygen atoms in total. The molecule has 0 fully saturated rings. The van der Waals surface area contributed by atoms with Gasteiger partial charge >= 0.3 is 6.03 Å². The molecule has 3 rings (SSSR count). The molecule has 0 saturated heterocycles. The maximum Gasteiger partial charge on any atom is 0.322 e. The summed E-state index contributed by atoms with van der Waals surface area (Å²) in [6.45, 7) is 3.46. The Balaban J connectivity index is 1.66. The van der Waals surface area contributed by atoms with Crippen molar-refractivity contribution in [2.45, 2.75) is 19.9 Å². The third kappa shape index (κ3) is 2.49. The topological polar surface area (TPSA) is 32.3 Å². The van der Waals surface area contributed by atoms with Crippen LogP contribution in [0, 0.1) is 6.92 Å². The molecule has 1 N–H and O–H groups in total. The fourth-order valence-electron chi connectivity index (χ4n) is 2.39. The molecule has 19 heavy (non-hydrogen) atoms. The number of nitrogens with zero attached hydrogens (tertiary/aromatic N) is 1. The summed E-state index contributed by atoms with van der Waals surface area (Å²) in [6, 6.07) is 12.2. The van der Waals surface area contributed by atoms with Crippen molar-refractivity contribution in [3.63, 3.8) is 0 Å². The van der Waals surface area contributed by atoms with Gasteiger partial charge in [-0.1, -0.05) is 18.2 Å². The third-order valence-corrected chi connectivity index (χ3v) is 4.34. The highest BCUT2D eigenvalue weighted by molar-refractivity contribution is 7.11. The number of thiophene rings is 1. The van der Waals surface area contributed by atoms with E-state index in [1.807, 2.05) is 23.1 Å².